The molecule has 22 heavy (non-hydrogen) atoms. The van der Waals surface area contributed by atoms with Crippen LogP contribution in [0.2, 0.25) is 0 Å². The normalized spacial score (nSPS) is 11.1. The van der Waals surface area contributed by atoms with Crippen LogP contribution >= 0.6 is 0 Å². The minimum atomic E-state index is -0.458. The Labute approximate surface area is 126 Å². The van der Waals surface area contributed by atoms with Gasteiger partial charge in [-0.15, -0.1) is 0 Å². The molecule has 0 fully saturated rings. The van der Waals surface area contributed by atoms with E-state index in [1.807, 2.05) is 0 Å². The highest BCUT2D eigenvalue weighted by molar-refractivity contribution is 5.95. The van der Waals surface area contributed by atoms with Crippen molar-refractivity contribution in [2.75, 3.05) is 0 Å². The predicted molar refractivity (Wildman–Crippen MR) is 81.5 cm³/mol. The van der Waals surface area contributed by atoms with E-state index in [2.05, 4.69) is 10.5 Å². The molecule has 0 saturated heterocycles. The number of para-hydroxylation sites is 1. The average molecular weight is 299 g/mol. The van der Waals surface area contributed by atoms with Crippen molar-refractivity contribution in [3.63, 3.8) is 0 Å². The first-order valence-corrected chi connectivity index (χ1v) is 6.37. The Hall–Kier alpha value is -3.22. The van der Waals surface area contributed by atoms with Crippen molar-refractivity contribution in [2.24, 2.45) is 5.10 Å². The van der Waals surface area contributed by atoms with Gasteiger partial charge in [0.2, 0.25) is 0 Å². The molecule has 1 amide bonds. The number of carbonyl (C=O) groups is 1. The second kappa shape index (κ2) is 6.98. The Bertz CT molecular complexity index is 747. The monoisotopic (exact) mass is 299 g/mol. The molecule has 0 aliphatic heterocycles. The second-order valence-electron chi connectivity index (χ2n) is 4.28. The molecule has 2 rings (SSSR count). The smallest absolute Gasteiger partial charge is 0.276 e. The zero-order valence-corrected chi connectivity index (χ0v) is 11.7. The molecule has 1 heterocycles. The molecular formula is C15H13N3O4. The van der Waals surface area contributed by atoms with Gasteiger partial charge in [-0.05, 0) is 31.2 Å². The third-order valence-electron chi connectivity index (χ3n) is 2.84. The molecule has 1 N–H and O–H groups in total. The minimum Gasteiger partial charge on any atom is -0.469 e. The van der Waals surface area contributed by atoms with Gasteiger partial charge in [0.1, 0.15) is 5.76 Å². The third kappa shape index (κ3) is 3.66. The van der Waals surface area contributed by atoms with Gasteiger partial charge < -0.3 is 4.42 Å². The molecule has 7 nitrogen and oxygen atoms in total. The molecule has 0 radical (unpaired) electrons. The van der Waals surface area contributed by atoms with Gasteiger partial charge in [-0.2, -0.15) is 5.10 Å². The van der Waals surface area contributed by atoms with Crippen LogP contribution in [0.15, 0.2) is 52.2 Å². The lowest BCUT2D eigenvalue weighted by Gasteiger charge is -1.96. The van der Waals surface area contributed by atoms with Crippen LogP contribution in [0.3, 0.4) is 0 Å². The topological polar surface area (TPSA) is 97.7 Å². The highest BCUT2D eigenvalue weighted by Gasteiger charge is 2.10. The van der Waals surface area contributed by atoms with Gasteiger partial charge >= 0.3 is 0 Å². The van der Waals surface area contributed by atoms with E-state index in [9.17, 15) is 14.9 Å². The summed E-state index contributed by atoms with van der Waals surface area (Å²) in [5.41, 5.74) is 3.20. The Kier molecular flexibility index (Phi) is 4.81. The summed E-state index contributed by atoms with van der Waals surface area (Å²) in [7, 11) is 0. The molecule has 0 aliphatic rings. The predicted octanol–water partition coefficient (Wildman–Crippen LogP) is 2.93. The molecule has 2 aromatic rings. The van der Waals surface area contributed by atoms with Crippen LogP contribution in [-0.4, -0.2) is 17.0 Å². The fourth-order valence-corrected chi connectivity index (χ4v) is 1.76. The first kappa shape index (κ1) is 15.2. The molecule has 1 aromatic heterocycles. The lowest BCUT2D eigenvalue weighted by atomic mass is 10.2. The first-order chi connectivity index (χ1) is 10.6. The summed E-state index contributed by atoms with van der Waals surface area (Å²) in [5.74, 6) is 0.116. The summed E-state index contributed by atoms with van der Waals surface area (Å²) in [6.45, 7) is 1.67. The van der Waals surface area contributed by atoms with Gasteiger partial charge in [-0.25, -0.2) is 5.43 Å². The summed E-state index contributed by atoms with van der Waals surface area (Å²) >= 11 is 0. The van der Waals surface area contributed by atoms with E-state index < -0.39 is 4.92 Å². The molecule has 0 aliphatic carbocycles. The van der Waals surface area contributed by atoms with E-state index in [0.29, 0.717) is 16.9 Å². The maximum absolute atomic E-state index is 11.7. The number of carbonyl (C=O) groups excluding carboxylic acids is 1. The van der Waals surface area contributed by atoms with Crippen molar-refractivity contribution in [3.8, 4) is 0 Å². The maximum atomic E-state index is 11.7. The molecule has 0 unspecified atom stereocenters. The molecule has 0 spiro atoms. The van der Waals surface area contributed by atoms with E-state index in [0.717, 1.165) is 0 Å². The number of amides is 1. The van der Waals surface area contributed by atoms with Gasteiger partial charge in [-0.1, -0.05) is 12.1 Å². The minimum absolute atomic E-state index is 0.00482. The summed E-state index contributed by atoms with van der Waals surface area (Å²) in [4.78, 5) is 22.1. The Morgan fingerprint density at radius 3 is 2.82 bits per heavy atom. The average Bonchev–Trinajstić information content (AvgIpc) is 2.93. The van der Waals surface area contributed by atoms with Crippen molar-refractivity contribution < 1.29 is 14.1 Å². The van der Waals surface area contributed by atoms with Crippen LogP contribution in [0, 0.1) is 17.0 Å². The number of nitrogens with zero attached hydrogens (tertiary/aromatic N) is 2. The van der Waals surface area contributed by atoms with Gasteiger partial charge in [-0.3, -0.25) is 14.9 Å². The number of aryl methyl sites for hydroxylation is 1. The number of hydrazone groups is 1. The van der Waals surface area contributed by atoms with Crippen LogP contribution in [0.5, 0.6) is 0 Å². The maximum Gasteiger partial charge on any atom is 0.276 e. The lowest BCUT2D eigenvalue weighted by molar-refractivity contribution is -0.385. The van der Waals surface area contributed by atoms with Crippen LogP contribution in [0.25, 0.3) is 6.08 Å². The third-order valence-corrected chi connectivity index (χ3v) is 2.84. The fourth-order valence-electron chi connectivity index (χ4n) is 1.76. The van der Waals surface area contributed by atoms with E-state index in [1.54, 1.807) is 31.2 Å². The second-order valence-corrected chi connectivity index (χ2v) is 4.28. The quantitative estimate of drug-likeness (QED) is 0.521. The Morgan fingerprint density at radius 2 is 2.14 bits per heavy atom. The first-order valence-electron chi connectivity index (χ1n) is 6.37. The number of allylic oxidation sites excluding steroid dienone is 1. The van der Waals surface area contributed by atoms with Crippen molar-refractivity contribution in [2.45, 2.75) is 6.92 Å². The molecule has 7 heteroatoms. The van der Waals surface area contributed by atoms with Crippen LogP contribution in [-0.2, 0) is 0 Å². The van der Waals surface area contributed by atoms with Crippen molar-refractivity contribution in [1.82, 2.24) is 5.43 Å². The molecule has 112 valence electrons. The zero-order valence-electron chi connectivity index (χ0n) is 11.7. The Balaban J connectivity index is 1.97. The number of hydrogen-bond donors (Lipinski definition) is 1. The lowest BCUT2D eigenvalue weighted by Crippen LogP contribution is -2.17. The molecule has 0 atom stereocenters. The number of benzene rings is 1. The summed E-state index contributed by atoms with van der Waals surface area (Å²) in [6, 6.07) is 7.88. The highest BCUT2D eigenvalue weighted by atomic mass is 16.6. The van der Waals surface area contributed by atoms with Gasteiger partial charge in [0, 0.05) is 12.3 Å². The van der Waals surface area contributed by atoms with Gasteiger partial charge in [0.25, 0.3) is 11.6 Å². The SMILES string of the molecule is Cc1occc1C(=O)N/N=C\C=C/c1ccccc1[N+](=O)[O-]. The molecular weight excluding hydrogens is 286 g/mol. The van der Waals surface area contributed by atoms with E-state index in [1.165, 1.54) is 30.7 Å². The number of hydrogen-bond acceptors (Lipinski definition) is 5. The number of rotatable bonds is 5. The van der Waals surface area contributed by atoms with E-state index in [4.69, 9.17) is 4.42 Å². The summed E-state index contributed by atoms with van der Waals surface area (Å²) in [6.07, 6.45) is 5.80. The van der Waals surface area contributed by atoms with Crippen LogP contribution in [0.1, 0.15) is 21.7 Å². The number of nitro benzene ring substituents is 1. The van der Waals surface area contributed by atoms with Crippen molar-refractivity contribution in [1.29, 1.82) is 0 Å². The highest BCUT2D eigenvalue weighted by Crippen LogP contribution is 2.18. The molecule has 0 bridgehead atoms. The largest absolute Gasteiger partial charge is 0.469 e. The number of nitrogens with one attached hydrogen (secondary N) is 1. The van der Waals surface area contributed by atoms with Gasteiger partial charge in [0.05, 0.1) is 22.3 Å². The van der Waals surface area contributed by atoms with Crippen molar-refractivity contribution >= 4 is 23.9 Å². The zero-order chi connectivity index (χ0) is 15.9. The van der Waals surface area contributed by atoms with Gasteiger partial charge in [0.15, 0.2) is 0 Å². The Morgan fingerprint density at radius 1 is 1.36 bits per heavy atom. The standard InChI is InChI=1S/C15H13N3O4/c1-11-13(8-10-22-11)15(19)17-16-9-4-6-12-5-2-3-7-14(12)18(20)21/h2-10H,1H3,(H,17,19)/b6-4-,16-9-. The molecule has 1 aromatic carbocycles. The van der Waals surface area contributed by atoms with E-state index in [-0.39, 0.29) is 11.6 Å². The van der Waals surface area contributed by atoms with Crippen LogP contribution in [0.4, 0.5) is 5.69 Å². The number of nitro groups is 1. The fraction of sp³-hybridized carbons (Fsp3) is 0.0667. The van der Waals surface area contributed by atoms with E-state index >= 15 is 0 Å². The van der Waals surface area contributed by atoms with Crippen LogP contribution < -0.4 is 5.43 Å². The number of furan rings is 1. The summed E-state index contributed by atoms with van der Waals surface area (Å²) in [5, 5.41) is 14.6. The summed E-state index contributed by atoms with van der Waals surface area (Å²) < 4.78 is 5.02. The molecule has 0 saturated carbocycles. The van der Waals surface area contributed by atoms with Crippen molar-refractivity contribution in [3.05, 3.63) is 69.7 Å².